The number of likely N-dealkylation sites (N-methyl/N-ethyl adjacent to an activating group) is 1. The van der Waals surface area contributed by atoms with Gasteiger partial charge in [0.1, 0.15) is 12.2 Å². The second kappa shape index (κ2) is 6.04. The maximum absolute atomic E-state index is 13.7. The molecule has 1 N–H and O–H groups in total. The van der Waals surface area contributed by atoms with E-state index < -0.39 is 28.0 Å². The summed E-state index contributed by atoms with van der Waals surface area (Å²) in [6.45, 7) is 0.754. The Morgan fingerprint density at radius 1 is 1.57 bits per heavy atom. The number of hydrogen-bond acceptors (Lipinski definition) is 5. The van der Waals surface area contributed by atoms with E-state index in [9.17, 15) is 19.3 Å². The van der Waals surface area contributed by atoms with Crippen LogP contribution >= 0.6 is 0 Å². The molecule has 1 aromatic carbocycles. The van der Waals surface area contributed by atoms with Crippen LogP contribution in [-0.2, 0) is 0 Å². The Hall–Kier alpha value is -2.22. The Labute approximate surface area is 120 Å². The molecule has 2 rings (SSSR count). The van der Waals surface area contributed by atoms with Gasteiger partial charge in [-0.1, -0.05) is 0 Å². The van der Waals surface area contributed by atoms with E-state index in [1.165, 1.54) is 0 Å². The number of benzene rings is 1. The lowest BCUT2D eigenvalue weighted by molar-refractivity contribution is -0.385. The number of nitrogens with zero attached hydrogens (tertiary/aromatic N) is 2. The molecule has 0 unspecified atom stereocenters. The summed E-state index contributed by atoms with van der Waals surface area (Å²) in [4.78, 5) is 22.8. The number of halogens is 1. The molecule has 0 aliphatic heterocycles. The minimum Gasteiger partial charge on any atom is -0.489 e. The highest BCUT2D eigenvalue weighted by molar-refractivity contribution is 5.92. The number of carbonyl (C=O) groups is 1. The van der Waals surface area contributed by atoms with E-state index in [0.29, 0.717) is 18.7 Å². The van der Waals surface area contributed by atoms with Gasteiger partial charge in [-0.15, -0.1) is 0 Å². The van der Waals surface area contributed by atoms with Crippen molar-refractivity contribution in [2.75, 3.05) is 20.2 Å². The Balaban J connectivity index is 2.09. The van der Waals surface area contributed by atoms with E-state index in [-0.39, 0.29) is 12.4 Å². The van der Waals surface area contributed by atoms with Crippen LogP contribution in [0.5, 0.6) is 5.75 Å². The van der Waals surface area contributed by atoms with Gasteiger partial charge in [-0.25, -0.2) is 9.18 Å². The van der Waals surface area contributed by atoms with Crippen LogP contribution < -0.4 is 4.74 Å². The van der Waals surface area contributed by atoms with Crippen molar-refractivity contribution in [2.24, 2.45) is 0 Å². The molecular formula is C13H15FN2O5. The normalized spacial score (nSPS) is 14.2. The van der Waals surface area contributed by atoms with Crippen molar-refractivity contribution in [1.82, 2.24) is 4.90 Å². The Morgan fingerprint density at radius 3 is 2.76 bits per heavy atom. The molecule has 0 bridgehead atoms. The van der Waals surface area contributed by atoms with E-state index in [4.69, 9.17) is 9.84 Å². The lowest BCUT2D eigenvalue weighted by Gasteiger charge is -2.16. The first-order valence-corrected chi connectivity index (χ1v) is 6.44. The molecule has 0 saturated heterocycles. The largest absolute Gasteiger partial charge is 0.489 e. The van der Waals surface area contributed by atoms with Gasteiger partial charge in [0.25, 0.3) is 5.69 Å². The Kier molecular flexibility index (Phi) is 4.37. The van der Waals surface area contributed by atoms with E-state index in [2.05, 4.69) is 4.90 Å². The van der Waals surface area contributed by atoms with Gasteiger partial charge in [0, 0.05) is 18.7 Å². The molecule has 0 atom stereocenters. The minimum absolute atomic E-state index is 0.181. The first-order chi connectivity index (χ1) is 9.90. The van der Waals surface area contributed by atoms with Crippen LogP contribution in [0.3, 0.4) is 0 Å². The quantitative estimate of drug-likeness (QED) is 0.610. The number of aromatic carboxylic acids is 1. The monoisotopic (exact) mass is 298 g/mol. The summed E-state index contributed by atoms with van der Waals surface area (Å²) in [5.74, 6) is -2.73. The van der Waals surface area contributed by atoms with Gasteiger partial charge in [-0.2, -0.15) is 0 Å². The standard InChI is InChI=1S/C13H15FN2O5/c1-15(8-2-3-8)4-5-21-12-6-9(13(17)18)11(16(19)20)7-10(12)14/h6-8H,2-5H2,1H3,(H,17,18). The molecule has 1 saturated carbocycles. The minimum atomic E-state index is -1.50. The summed E-state index contributed by atoms with van der Waals surface area (Å²) in [5, 5.41) is 19.6. The van der Waals surface area contributed by atoms with Crippen LogP contribution in [0.4, 0.5) is 10.1 Å². The number of hydrogen-bond donors (Lipinski definition) is 1. The van der Waals surface area contributed by atoms with Crippen LogP contribution in [0.15, 0.2) is 12.1 Å². The highest BCUT2D eigenvalue weighted by Gasteiger charge is 2.26. The van der Waals surface area contributed by atoms with Gasteiger partial charge in [0.15, 0.2) is 11.6 Å². The molecule has 0 radical (unpaired) electrons. The summed E-state index contributed by atoms with van der Waals surface area (Å²) in [5.41, 5.74) is -1.38. The Bertz CT molecular complexity index is 574. The topological polar surface area (TPSA) is 92.9 Å². The smallest absolute Gasteiger partial charge is 0.342 e. The van der Waals surface area contributed by atoms with Crippen molar-refractivity contribution in [3.63, 3.8) is 0 Å². The number of carboxylic acids is 1. The fourth-order valence-electron chi connectivity index (χ4n) is 1.97. The molecule has 0 aromatic heterocycles. The SMILES string of the molecule is CN(CCOc1cc(C(=O)O)c([N+](=O)[O-])cc1F)C1CC1. The van der Waals surface area contributed by atoms with Gasteiger partial charge < -0.3 is 14.7 Å². The third kappa shape index (κ3) is 3.66. The zero-order valence-electron chi connectivity index (χ0n) is 11.4. The second-order valence-corrected chi connectivity index (χ2v) is 4.92. The van der Waals surface area contributed by atoms with Crippen LogP contribution in [0, 0.1) is 15.9 Å². The highest BCUT2D eigenvalue weighted by Crippen LogP contribution is 2.28. The fraction of sp³-hybridized carbons (Fsp3) is 0.462. The summed E-state index contributed by atoms with van der Waals surface area (Å²) in [6.07, 6.45) is 2.26. The van der Waals surface area contributed by atoms with Crippen molar-refractivity contribution in [3.05, 3.63) is 33.6 Å². The maximum Gasteiger partial charge on any atom is 0.342 e. The first-order valence-electron chi connectivity index (χ1n) is 6.44. The van der Waals surface area contributed by atoms with Gasteiger partial charge in [-0.3, -0.25) is 10.1 Å². The maximum atomic E-state index is 13.7. The average Bonchev–Trinajstić information content (AvgIpc) is 3.23. The molecule has 1 aliphatic carbocycles. The molecule has 1 aromatic rings. The summed E-state index contributed by atoms with van der Waals surface area (Å²) in [6, 6.07) is 1.96. The van der Waals surface area contributed by atoms with Gasteiger partial charge >= 0.3 is 5.97 Å². The van der Waals surface area contributed by atoms with Crippen molar-refractivity contribution >= 4 is 11.7 Å². The van der Waals surface area contributed by atoms with E-state index in [1.807, 2.05) is 7.05 Å². The van der Waals surface area contributed by atoms with Crippen LogP contribution in [0.2, 0.25) is 0 Å². The van der Waals surface area contributed by atoms with Gasteiger partial charge in [0.2, 0.25) is 0 Å². The molecular weight excluding hydrogens is 283 g/mol. The molecule has 8 heteroatoms. The predicted molar refractivity (Wildman–Crippen MR) is 71.2 cm³/mol. The molecule has 0 spiro atoms. The average molecular weight is 298 g/mol. The lowest BCUT2D eigenvalue weighted by Crippen LogP contribution is -2.26. The molecule has 1 fully saturated rings. The molecule has 21 heavy (non-hydrogen) atoms. The van der Waals surface area contributed by atoms with Crippen molar-refractivity contribution in [2.45, 2.75) is 18.9 Å². The number of carboxylic acid groups (broad SMARTS) is 1. The number of rotatable bonds is 7. The molecule has 7 nitrogen and oxygen atoms in total. The molecule has 114 valence electrons. The summed E-state index contributed by atoms with van der Waals surface area (Å²) >= 11 is 0. The van der Waals surface area contributed by atoms with Gasteiger partial charge in [0.05, 0.1) is 11.0 Å². The molecule has 0 heterocycles. The van der Waals surface area contributed by atoms with Crippen molar-refractivity contribution < 1.29 is 24.0 Å². The molecule has 0 amide bonds. The Morgan fingerprint density at radius 2 is 2.24 bits per heavy atom. The number of nitro groups is 1. The molecule has 1 aliphatic rings. The zero-order chi connectivity index (χ0) is 15.6. The first kappa shape index (κ1) is 15.2. The number of ether oxygens (including phenoxy) is 1. The van der Waals surface area contributed by atoms with Crippen molar-refractivity contribution in [3.8, 4) is 5.75 Å². The lowest BCUT2D eigenvalue weighted by atomic mass is 10.1. The highest BCUT2D eigenvalue weighted by atomic mass is 19.1. The van der Waals surface area contributed by atoms with Gasteiger partial charge in [-0.05, 0) is 19.9 Å². The predicted octanol–water partition coefficient (Wildman–Crippen LogP) is 1.91. The van der Waals surface area contributed by atoms with E-state index in [1.54, 1.807) is 0 Å². The van der Waals surface area contributed by atoms with Crippen LogP contribution in [-0.4, -0.2) is 47.1 Å². The third-order valence-electron chi connectivity index (χ3n) is 3.35. The van der Waals surface area contributed by atoms with Crippen LogP contribution in [0.25, 0.3) is 0 Å². The fourth-order valence-corrected chi connectivity index (χ4v) is 1.97. The zero-order valence-corrected chi connectivity index (χ0v) is 11.4. The summed E-state index contributed by atoms with van der Waals surface area (Å²) in [7, 11) is 1.93. The second-order valence-electron chi connectivity index (χ2n) is 4.92. The van der Waals surface area contributed by atoms with E-state index in [0.717, 1.165) is 18.9 Å². The third-order valence-corrected chi connectivity index (χ3v) is 3.35. The number of nitro benzene ring substituents is 1. The van der Waals surface area contributed by atoms with Crippen molar-refractivity contribution in [1.29, 1.82) is 0 Å². The van der Waals surface area contributed by atoms with Crippen LogP contribution in [0.1, 0.15) is 23.2 Å². The van der Waals surface area contributed by atoms with E-state index >= 15 is 0 Å². The summed E-state index contributed by atoms with van der Waals surface area (Å²) < 4.78 is 18.9.